The summed E-state index contributed by atoms with van der Waals surface area (Å²) in [4.78, 5) is 0. The van der Waals surface area contributed by atoms with E-state index in [9.17, 15) is 0 Å². The Kier molecular flexibility index (Phi) is 3.35. The number of anilines is 1. The minimum Gasteiger partial charge on any atom is -0.543 e. The molecule has 0 unspecified atom stereocenters. The molecular formula is C16H23NOSi. The first kappa shape index (κ1) is 13.9. The van der Waals surface area contributed by atoms with E-state index < -0.39 is 8.32 Å². The van der Waals surface area contributed by atoms with Crippen molar-refractivity contribution in [3.05, 3.63) is 36.4 Å². The maximum atomic E-state index is 6.31. The molecular weight excluding hydrogens is 250 g/mol. The Morgan fingerprint density at radius 3 is 2.16 bits per heavy atom. The SMILES string of the molecule is CC(C)(C)[Si](C)(C)Oc1ccc2cc(N)ccc2c1. The highest BCUT2D eigenvalue weighted by molar-refractivity contribution is 6.74. The summed E-state index contributed by atoms with van der Waals surface area (Å²) in [6.07, 6.45) is 0. The van der Waals surface area contributed by atoms with Crippen LogP contribution in [0.3, 0.4) is 0 Å². The Bertz CT molecular complexity index is 599. The van der Waals surface area contributed by atoms with E-state index in [2.05, 4.69) is 46.0 Å². The molecule has 0 atom stereocenters. The van der Waals surface area contributed by atoms with Crippen LogP contribution in [-0.2, 0) is 0 Å². The summed E-state index contributed by atoms with van der Waals surface area (Å²) in [5.41, 5.74) is 6.59. The van der Waals surface area contributed by atoms with Gasteiger partial charge in [0.05, 0.1) is 0 Å². The van der Waals surface area contributed by atoms with Crippen LogP contribution >= 0.6 is 0 Å². The molecule has 0 aromatic heterocycles. The summed E-state index contributed by atoms with van der Waals surface area (Å²) in [7, 11) is -1.77. The van der Waals surface area contributed by atoms with Crippen molar-refractivity contribution in [3.63, 3.8) is 0 Å². The van der Waals surface area contributed by atoms with Crippen molar-refractivity contribution >= 4 is 24.8 Å². The molecule has 2 nitrogen and oxygen atoms in total. The van der Waals surface area contributed by atoms with Gasteiger partial charge in [0.1, 0.15) is 5.75 Å². The molecule has 102 valence electrons. The zero-order chi connectivity index (χ0) is 14.3. The highest BCUT2D eigenvalue weighted by Gasteiger charge is 2.38. The fourth-order valence-corrected chi connectivity index (χ4v) is 2.78. The maximum absolute atomic E-state index is 6.31. The van der Waals surface area contributed by atoms with Gasteiger partial charge in [-0.3, -0.25) is 0 Å². The number of nitrogens with two attached hydrogens (primary N) is 1. The lowest BCUT2D eigenvalue weighted by atomic mass is 10.1. The van der Waals surface area contributed by atoms with Crippen LogP contribution < -0.4 is 10.2 Å². The number of benzene rings is 2. The van der Waals surface area contributed by atoms with Gasteiger partial charge in [0, 0.05) is 5.69 Å². The fraction of sp³-hybridized carbons (Fsp3) is 0.375. The molecule has 0 saturated heterocycles. The Morgan fingerprint density at radius 2 is 1.53 bits per heavy atom. The van der Waals surface area contributed by atoms with Crippen LogP contribution in [0.2, 0.25) is 18.1 Å². The summed E-state index contributed by atoms with van der Waals surface area (Å²) < 4.78 is 6.31. The predicted molar refractivity (Wildman–Crippen MR) is 86.2 cm³/mol. The van der Waals surface area contributed by atoms with Crippen molar-refractivity contribution in [1.82, 2.24) is 0 Å². The van der Waals surface area contributed by atoms with E-state index in [1.807, 2.05) is 24.3 Å². The van der Waals surface area contributed by atoms with Crippen LogP contribution in [0.1, 0.15) is 20.8 Å². The molecule has 0 spiro atoms. The second kappa shape index (κ2) is 4.56. The number of hydrogen-bond donors (Lipinski definition) is 1. The highest BCUT2D eigenvalue weighted by Crippen LogP contribution is 2.37. The summed E-state index contributed by atoms with van der Waals surface area (Å²) in [6.45, 7) is 11.3. The average Bonchev–Trinajstić information content (AvgIpc) is 2.27. The van der Waals surface area contributed by atoms with Crippen molar-refractivity contribution in [2.75, 3.05) is 5.73 Å². The van der Waals surface area contributed by atoms with Gasteiger partial charge in [-0.1, -0.05) is 32.9 Å². The zero-order valence-corrected chi connectivity index (χ0v) is 13.4. The van der Waals surface area contributed by atoms with E-state index >= 15 is 0 Å². The lowest BCUT2D eigenvalue weighted by Gasteiger charge is -2.36. The fourth-order valence-electron chi connectivity index (χ4n) is 1.75. The third-order valence-corrected chi connectivity index (χ3v) is 8.37. The van der Waals surface area contributed by atoms with Gasteiger partial charge in [-0.2, -0.15) is 0 Å². The van der Waals surface area contributed by atoms with E-state index in [4.69, 9.17) is 10.2 Å². The Labute approximate surface area is 116 Å². The van der Waals surface area contributed by atoms with Gasteiger partial charge in [-0.25, -0.2) is 0 Å². The van der Waals surface area contributed by atoms with Crippen molar-refractivity contribution < 1.29 is 4.43 Å². The lowest BCUT2D eigenvalue weighted by Crippen LogP contribution is -2.43. The Balaban J connectivity index is 2.35. The van der Waals surface area contributed by atoms with Gasteiger partial charge < -0.3 is 10.2 Å². The molecule has 0 heterocycles. The van der Waals surface area contributed by atoms with Gasteiger partial charge in [-0.15, -0.1) is 0 Å². The van der Waals surface area contributed by atoms with Crippen molar-refractivity contribution in [2.24, 2.45) is 0 Å². The highest BCUT2D eigenvalue weighted by atomic mass is 28.4. The van der Waals surface area contributed by atoms with Crippen LogP contribution in [0.15, 0.2) is 36.4 Å². The van der Waals surface area contributed by atoms with Gasteiger partial charge >= 0.3 is 0 Å². The number of rotatable bonds is 2. The second-order valence-electron chi connectivity index (χ2n) is 6.63. The second-order valence-corrected chi connectivity index (χ2v) is 11.4. The van der Waals surface area contributed by atoms with Gasteiger partial charge in [-0.05, 0) is 53.2 Å². The quantitative estimate of drug-likeness (QED) is 0.629. The molecule has 0 aliphatic heterocycles. The largest absolute Gasteiger partial charge is 0.543 e. The normalized spacial score (nSPS) is 12.7. The molecule has 0 aliphatic carbocycles. The minimum atomic E-state index is -1.77. The molecule has 3 heteroatoms. The molecule has 2 aromatic rings. The van der Waals surface area contributed by atoms with Gasteiger partial charge in [0.15, 0.2) is 0 Å². The molecule has 0 aliphatic rings. The first-order valence-corrected chi connectivity index (χ1v) is 9.58. The van der Waals surface area contributed by atoms with Crippen molar-refractivity contribution in [3.8, 4) is 5.75 Å². The lowest BCUT2D eigenvalue weighted by molar-refractivity contribution is 0.493. The predicted octanol–water partition coefficient (Wildman–Crippen LogP) is 4.81. The number of fused-ring (bicyclic) bond motifs is 1. The Hall–Kier alpha value is -1.48. The molecule has 0 saturated carbocycles. The van der Waals surface area contributed by atoms with E-state index in [-0.39, 0.29) is 5.04 Å². The molecule has 19 heavy (non-hydrogen) atoms. The molecule has 2 rings (SSSR count). The third kappa shape index (κ3) is 2.92. The first-order chi connectivity index (χ1) is 8.69. The van der Waals surface area contributed by atoms with Crippen LogP contribution in [-0.4, -0.2) is 8.32 Å². The minimum absolute atomic E-state index is 0.211. The first-order valence-electron chi connectivity index (χ1n) is 6.67. The van der Waals surface area contributed by atoms with Crippen LogP contribution in [0.4, 0.5) is 5.69 Å². The van der Waals surface area contributed by atoms with Crippen LogP contribution in [0, 0.1) is 0 Å². The van der Waals surface area contributed by atoms with Crippen LogP contribution in [0.25, 0.3) is 10.8 Å². The smallest absolute Gasteiger partial charge is 0.250 e. The molecule has 0 amide bonds. The van der Waals surface area contributed by atoms with E-state index in [0.29, 0.717) is 0 Å². The van der Waals surface area contributed by atoms with Crippen molar-refractivity contribution in [2.45, 2.75) is 38.9 Å². The van der Waals surface area contributed by atoms with E-state index in [1.54, 1.807) is 0 Å². The summed E-state index contributed by atoms with van der Waals surface area (Å²) in [6, 6.07) is 12.2. The molecule has 0 fully saturated rings. The van der Waals surface area contributed by atoms with Crippen LogP contribution in [0.5, 0.6) is 5.75 Å². The van der Waals surface area contributed by atoms with E-state index in [1.165, 1.54) is 5.39 Å². The monoisotopic (exact) mass is 273 g/mol. The van der Waals surface area contributed by atoms with Crippen molar-refractivity contribution in [1.29, 1.82) is 0 Å². The molecule has 2 aromatic carbocycles. The molecule has 2 N–H and O–H groups in total. The van der Waals surface area contributed by atoms with E-state index in [0.717, 1.165) is 16.8 Å². The van der Waals surface area contributed by atoms with Gasteiger partial charge in [0.2, 0.25) is 8.32 Å². The average molecular weight is 273 g/mol. The zero-order valence-electron chi connectivity index (χ0n) is 12.4. The number of nitrogen functional groups attached to an aromatic ring is 1. The number of hydrogen-bond acceptors (Lipinski definition) is 2. The Morgan fingerprint density at radius 1 is 0.947 bits per heavy atom. The van der Waals surface area contributed by atoms with Gasteiger partial charge in [0.25, 0.3) is 0 Å². The summed E-state index contributed by atoms with van der Waals surface area (Å²) in [5, 5.41) is 2.54. The molecule has 0 radical (unpaired) electrons. The topological polar surface area (TPSA) is 35.2 Å². The molecule has 0 bridgehead atoms. The maximum Gasteiger partial charge on any atom is 0.250 e. The summed E-state index contributed by atoms with van der Waals surface area (Å²) >= 11 is 0. The standard InChI is InChI=1S/C16H23NOSi/c1-16(2,3)19(4,5)18-15-9-7-12-10-14(17)8-6-13(12)11-15/h6-11H,17H2,1-5H3. The summed E-state index contributed by atoms with van der Waals surface area (Å²) in [5.74, 6) is 0.962. The third-order valence-electron chi connectivity index (χ3n) is 4.01.